The van der Waals surface area contributed by atoms with Crippen LogP contribution in [0.2, 0.25) is 0 Å². The van der Waals surface area contributed by atoms with Crippen LogP contribution in [-0.2, 0) is 4.79 Å². The Labute approximate surface area is 92.4 Å². The van der Waals surface area contributed by atoms with Crippen LogP contribution in [0.15, 0.2) is 24.3 Å². The molecule has 2 unspecified atom stereocenters. The molecule has 2 heteroatoms. The molecule has 0 saturated heterocycles. The smallest absolute Gasteiger partial charge is 0.224 e. The molecule has 0 aromatic heterocycles. The van der Waals surface area contributed by atoms with E-state index < -0.39 is 0 Å². The maximum Gasteiger partial charge on any atom is 0.224 e. The number of allylic oxidation sites excluding steroid dienone is 2. The van der Waals surface area contributed by atoms with Gasteiger partial charge in [0, 0.05) is 6.54 Å². The lowest BCUT2D eigenvalue weighted by atomic mass is 10.1. The molecule has 1 fully saturated rings. The van der Waals surface area contributed by atoms with Gasteiger partial charge in [0.05, 0.1) is 5.92 Å². The third kappa shape index (κ3) is 2.49. The van der Waals surface area contributed by atoms with Gasteiger partial charge >= 0.3 is 0 Å². The van der Waals surface area contributed by atoms with E-state index in [1.807, 2.05) is 0 Å². The first-order valence-corrected chi connectivity index (χ1v) is 5.45. The van der Waals surface area contributed by atoms with Gasteiger partial charge in [0.2, 0.25) is 5.91 Å². The number of hydrogen-bond acceptors (Lipinski definition) is 1. The molecule has 1 amide bonds. The van der Waals surface area contributed by atoms with Crippen molar-refractivity contribution in [3.8, 4) is 0 Å². The Morgan fingerprint density at radius 3 is 2.53 bits per heavy atom. The van der Waals surface area contributed by atoms with Crippen LogP contribution in [0.1, 0.15) is 27.7 Å². The second-order valence-corrected chi connectivity index (χ2v) is 5.10. The highest BCUT2D eigenvalue weighted by Gasteiger charge is 2.60. The highest BCUT2D eigenvalue weighted by atomic mass is 16.2. The standard InChI is InChI=1S/C13H21NO/c1-6-7-14-12(15)11-10(8-9(2)3)13(11,4)5/h6,8,10-11H,1,7H2,2-5H3,(H,14,15). The summed E-state index contributed by atoms with van der Waals surface area (Å²) in [5.74, 6) is 0.682. The Kier molecular flexibility index (Phi) is 3.38. The van der Waals surface area contributed by atoms with Gasteiger partial charge < -0.3 is 5.32 Å². The average Bonchev–Trinajstić information content (AvgIpc) is 2.63. The first kappa shape index (κ1) is 12.0. The van der Waals surface area contributed by atoms with Gasteiger partial charge in [-0.05, 0) is 25.2 Å². The molecule has 0 bridgehead atoms. The molecule has 0 heterocycles. The van der Waals surface area contributed by atoms with Gasteiger partial charge in [-0.1, -0.05) is 31.6 Å². The van der Waals surface area contributed by atoms with Gasteiger partial charge in [-0.25, -0.2) is 0 Å². The topological polar surface area (TPSA) is 29.1 Å². The summed E-state index contributed by atoms with van der Waals surface area (Å²) in [6.45, 7) is 12.6. The summed E-state index contributed by atoms with van der Waals surface area (Å²) in [4.78, 5) is 11.8. The monoisotopic (exact) mass is 207 g/mol. The number of carbonyl (C=O) groups is 1. The summed E-state index contributed by atoms with van der Waals surface area (Å²) in [5.41, 5.74) is 1.40. The van der Waals surface area contributed by atoms with E-state index in [1.165, 1.54) is 5.57 Å². The summed E-state index contributed by atoms with van der Waals surface area (Å²) in [7, 11) is 0. The number of hydrogen-bond donors (Lipinski definition) is 1. The zero-order chi connectivity index (χ0) is 11.6. The van der Waals surface area contributed by atoms with Gasteiger partial charge in [0.15, 0.2) is 0 Å². The van der Waals surface area contributed by atoms with E-state index in [4.69, 9.17) is 0 Å². The number of amides is 1. The summed E-state index contributed by atoms with van der Waals surface area (Å²) >= 11 is 0. The Morgan fingerprint density at radius 1 is 1.47 bits per heavy atom. The highest BCUT2D eigenvalue weighted by molar-refractivity contribution is 5.83. The zero-order valence-electron chi connectivity index (χ0n) is 10.1. The average molecular weight is 207 g/mol. The minimum absolute atomic E-state index is 0.114. The fraction of sp³-hybridized carbons (Fsp3) is 0.615. The minimum atomic E-state index is 0.114. The number of rotatable bonds is 4. The van der Waals surface area contributed by atoms with Gasteiger partial charge in [0.1, 0.15) is 0 Å². The first-order chi connectivity index (χ1) is 6.91. The molecule has 2 nitrogen and oxygen atoms in total. The van der Waals surface area contributed by atoms with E-state index in [1.54, 1.807) is 6.08 Å². The fourth-order valence-corrected chi connectivity index (χ4v) is 2.13. The Hall–Kier alpha value is -1.05. The lowest BCUT2D eigenvalue weighted by Gasteiger charge is -2.02. The van der Waals surface area contributed by atoms with Gasteiger partial charge in [-0.3, -0.25) is 4.79 Å². The molecule has 0 aromatic rings. The second kappa shape index (κ2) is 4.21. The van der Waals surface area contributed by atoms with Crippen LogP contribution in [-0.4, -0.2) is 12.5 Å². The minimum Gasteiger partial charge on any atom is -0.352 e. The Morgan fingerprint density at radius 2 is 2.07 bits per heavy atom. The van der Waals surface area contributed by atoms with Gasteiger partial charge in [0.25, 0.3) is 0 Å². The molecular weight excluding hydrogens is 186 g/mol. The summed E-state index contributed by atoms with van der Waals surface area (Å²) in [5, 5.41) is 2.87. The number of carbonyl (C=O) groups excluding carboxylic acids is 1. The molecule has 0 radical (unpaired) electrons. The third-order valence-electron chi connectivity index (χ3n) is 3.13. The van der Waals surface area contributed by atoms with Crippen LogP contribution in [0.4, 0.5) is 0 Å². The fourth-order valence-electron chi connectivity index (χ4n) is 2.13. The summed E-state index contributed by atoms with van der Waals surface area (Å²) in [6.07, 6.45) is 3.92. The van der Waals surface area contributed by atoms with E-state index in [9.17, 15) is 4.79 Å². The van der Waals surface area contributed by atoms with Crippen molar-refractivity contribution in [3.05, 3.63) is 24.3 Å². The van der Waals surface area contributed by atoms with E-state index in [0.29, 0.717) is 12.5 Å². The number of nitrogens with one attached hydrogen (secondary N) is 1. The van der Waals surface area contributed by atoms with Crippen molar-refractivity contribution >= 4 is 5.91 Å². The quantitative estimate of drug-likeness (QED) is 0.705. The predicted molar refractivity (Wildman–Crippen MR) is 63.4 cm³/mol. The van der Waals surface area contributed by atoms with Crippen LogP contribution in [0.25, 0.3) is 0 Å². The van der Waals surface area contributed by atoms with Crippen molar-refractivity contribution < 1.29 is 4.79 Å². The van der Waals surface area contributed by atoms with Gasteiger partial charge in [-0.15, -0.1) is 6.58 Å². The van der Waals surface area contributed by atoms with E-state index >= 15 is 0 Å². The van der Waals surface area contributed by atoms with Crippen LogP contribution >= 0.6 is 0 Å². The molecule has 1 aliphatic rings. The summed E-state index contributed by atoms with van der Waals surface area (Å²) < 4.78 is 0. The molecule has 0 spiro atoms. The molecule has 1 N–H and O–H groups in total. The summed E-state index contributed by atoms with van der Waals surface area (Å²) in [6, 6.07) is 0. The van der Waals surface area contributed by atoms with Crippen molar-refractivity contribution in [2.24, 2.45) is 17.3 Å². The van der Waals surface area contributed by atoms with E-state index in [-0.39, 0.29) is 17.2 Å². The lowest BCUT2D eigenvalue weighted by molar-refractivity contribution is -0.122. The zero-order valence-corrected chi connectivity index (χ0v) is 10.1. The van der Waals surface area contributed by atoms with E-state index in [2.05, 4.69) is 45.7 Å². The molecule has 0 aliphatic heterocycles. The van der Waals surface area contributed by atoms with Crippen LogP contribution in [0, 0.1) is 17.3 Å². The lowest BCUT2D eigenvalue weighted by Crippen LogP contribution is -2.26. The van der Waals surface area contributed by atoms with Gasteiger partial charge in [-0.2, -0.15) is 0 Å². The molecule has 84 valence electrons. The van der Waals surface area contributed by atoms with Crippen LogP contribution < -0.4 is 5.32 Å². The Bertz CT molecular complexity index is 298. The Balaban J connectivity index is 2.61. The van der Waals surface area contributed by atoms with Crippen molar-refractivity contribution in [2.45, 2.75) is 27.7 Å². The van der Waals surface area contributed by atoms with Crippen molar-refractivity contribution in [2.75, 3.05) is 6.54 Å². The maximum atomic E-state index is 11.8. The molecule has 0 aromatic carbocycles. The molecule has 1 aliphatic carbocycles. The predicted octanol–water partition coefficient (Wildman–Crippen LogP) is 2.53. The highest BCUT2D eigenvalue weighted by Crippen LogP contribution is 2.59. The van der Waals surface area contributed by atoms with Crippen LogP contribution in [0.5, 0.6) is 0 Å². The van der Waals surface area contributed by atoms with Crippen LogP contribution in [0.3, 0.4) is 0 Å². The van der Waals surface area contributed by atoms with E-state index in [0.717, 1.165) is 0 Å². The molecule has 1 saturated carbocycles. The molecular formula is C13H21NO. The normalized spacial score (nSPS) is 26.7. The first-order valence-electron chi connectivity index (χ1n) is 5.45. The van der Waals surface area contributed by atoms with Crippen molar-refractivity contribution in [1.82, 2.24) is 5.32 Å². The second-order valence-electron chi connectivity index (χ2n) is 5.10. The molecule has 1 rings (SSSR count). The van der Waals surface area contributed by atoms with Crippen molar-refractivity contribution in [3.63, 3.8) is 0 Å². The SMILES string of the molecule is C=CCNC(=O)C1C(C=C(C)C)C1(C)C. The third-order valence-corrected chi connectivity index (χ3v) is 3.13. The maximum absolute atomic E-state index is 11.8. The molecule has 15 heavy (non-hydrogen) atoms. The van der Waals surface area contributed by atoms with Crippen molar-refractivity contribution in [1.29, 1.82) is 0 Å². The largest absolute Gasteiger partial charge is 0.352 e. The molecule has 2 atom stereocenters.